The first kappa shape index (κ1) is 24.0. The van der Waals surface area contributed by atoms with E-state index in [2.05, 4.69) is 31.4 Å². The van der Waals surface area contributed by atoms with Gasteiger partial charge in [0.2, 0.25) is 0 Å². The summed E-state index contributed by atoms with van der Waals surface area (Å²) in [6.45, 7) is 8.19. The lowest BCUT2D eigenvalue weighted by Crippen LogP contribution is -2.32. The van der Waals surface area contributed by atoms with Crippen LogP contribution in [-0.4, -0.2) is 17.9 Å². The minimum absolute atomic E-state index is 0.0122. The Labute approximate surface area is 194 Å². The fourth-order valence-corrected chi connectivity index (χ4v) is 3.22. The van der Waals surface area contributed by atoms with E-state index < -0.39 is 6.10 Å². The first-order valence-electron chi connectivity index (χ1n) is 10.9. The van der Waals surface area contributed by atoms with E-state index in [1.807, 2.05) is 19.1 Å². The Bertz CT molecular complexity index is 1100. The van der Waals surface area contributed by atoms with Crippen LogP contribution in [0, 0.1) is 5.82 Å². The summed E-state index contributed by atoms with van der Waals surface area (Å²) in [5.74, 6) is -0.520. The number of ether oxygens (including phenoxy) is 1. The highest BCUT2D eigenvalue weighted by Gasteiger charge is 2.19. The van der Waals surface area contributed by atoms with Crippen molar-refractivity contribution >= 4 is 23.2 Å². The summed E-state index contributed by atoms with van der Waals surface area (Å²) >= 11 is 0. The molecule has 172 valence electrons. The molecule has 1 atom stereocenters. The topological polar surface area (TPSA) is 67.4 Å². The maximum absolute atomic E-state index is 13.1. The highest BCUT2D eigenvalue weighted by atomic mass is 19.1. The number of hydrogen-bond acceptors (Lipinski definition) is 3. The third kappa shape index (κ3) is 6.65. The maximum atomic E-state index is 13.1. The van der Waals surface area contributed by atoms with Crippen molar-refractivity contribution in [2.75, 3.05) is 10.6 Å². The van der Waals surface area contributed by atoms with Crippen LogP contribution in [0.15, 0.2) is 72.8 Å². The molecule has 2 N–H and O–H groups in total. The van der Waals surface area contributed by atoms with E-state index in [1.54, 1.807) is 36.4 Å². The van der Waals surface area contributed by atoms with Crippen LogP contribution in [0.5, 0.6) is 5.75 Å². The van der Waals surface area contributed by atoms with E-state index in [1.165, 1.54) is 24.3 Å². The van der Waals surface area contributed by atoms with Crippen molar-refractivity contribution < 1.29 is 18.7 Å². The fraction of sp³-hybridized carbons (Fsp3) is 0.259. The lowest BCUT2D eigenvalue weighted by molar-refractivity contribution is -0.122. The Balaban J connectivity index is 1.64. The monoisotopic (exact) mass is 448 g/mol. The lowest BCUT2D eigenvalue weighted by atomic mass is 9.87. The standard InChI is InChI=1S/C27H29FN2O3/c1-5-24(33-23-15-13-20(28)14-16-23)26(32)30-22-8-6-7-21(17-22)29-25(31)18-9-11-19(12-10-18)27(2,3)4/h6-17,24H,5H2,1-4H3,(H,29,31)(H,30,32)/t24-/m0/s1. The Hall–Kier alpha value is -3.67. The zero-order chi connectivity index (χ0) is 24.0. The van der Waals surface area contributed by atoms with Gasteiger partial charge >= 0.3 is 0 Å². The van der Waals surface area contributed by atoms with Crippen LogP contribution in [0.3, 0.4) is 0 Å². The van der Waals surface area contributed by atoms with Crippen LogP contribution in [0.4, 0.5) is 15.8 Å². The van der Waals surface area contributed by atoms with Crippen LogP contribution in [0.25, 0.3) is 0 Å². The Kier molecular flexibility index (Phi) is 7.48. The third-order valence-electron chi connectivity index (χ3n) is 5.16. The molecule has 3 aromatic carbocycles. The summed E-state index contributed by atoms with van der Waals surface area (Å²) in [5.41, 5.74) is 2.80. The number of nitrogens with one attached hydrogen (secondary N) is 2. The van der Waals surface area contributed by atoms with Crippen molar-refractivity contribution in [2.24, 2.45) is 0 Å². The first-order chi connectivity index (χ1) is 15.7. The van der Waals surface area contributed by atoms with Crippen LogP contribution >= 0.6 is 0 Å². The summed E-state index contributed by atoms with van der Waals surface area (Å²) < 4.78 is 18.8. The van der Waals surface area contributed by atoms with Gasteiger partial charge in [-0.25, -0.2) is 4.39 Å². The Morgan fingerprint density at radius 3 is 2.09 bits per heavy atom. The van der Waals surface area contributed by atoms with E-state index >= 15 is 0 Å². The summed E-state index contributed by atoms with van der Waals surface area (Å²) in [4.78, 5) is 25.3. The normalized spacial score (nSPS) is 12.0. The van der Waals surface area contributed by atoms with Crippen LogP contribution in [0.1, 0.15) is 50.0 Å². The quantitative estimate of drug-likeness (QED) is 0.454. The number of anilines is 2. The number of halogens is 1. The van der Waals surface area contributed by atoms with E-state index in [0.717, 1.165) is 5.56 Å². The Morgan fingerprint density at radius 2 is 1.52 bits per heavy atom. The highest BCUT2D eigenvalue weighted by molar-refractivity contribution is 6.04. The zero-order valence-corrected chi connectivity index (χ0v) is 19.3. The zero-order valence-electron chi connectivity index (χ0n) is 19.3. The number of carbonyl (C=O) groups excluding carboxylic acids is 2. The van der Waals surface area contributed by atoms with E-state index in [9.17, 15) is 14.0 Å². The molecule has 5 nitrogen and oxygen atoms in total. The van der Waals surface area contributed by atoms with Crippen molar-refractivity contribution in [3.05, 3.63) is 89.7 Å². The number of hydrogen-bond donors (Lipinski definition) is 2. The second kappa shape index (κ2) is 10.3. The molecular weight excluding hydrogens is 419 g/mol. The molecule has 3 rings (SSSR count). The molecule has 0 aromatic heterocycles. The summed E-state index contributed by atoms with van der Waals surface area (Å²) in [5, 5.41) is 5.67. The van der Waals surface area contributed by atoms with Gasteiger partial charge in [-0.1, -0.05) is 45.9 Å². The van der Waals surface area contributed by atoms with Gasteiger partial charge < -0.3 is 15.4 Å². The summed E-state index contributed by atoms with van der Waals surface area (Å²) in [7, 11) is 0. The average molecular weight is 449 g/mol. The van der Waals surface area contributed by atoms with Crippen molar-refractivity contribution in [2.45, 2.75) is 45.6 Å². The van der Waals surface area contributed by atoms with Gasteiger partial charge in [0.15, 0.2) is 6.10 Å². The number of rotatable bonds is 7. The van der Waals surface area contributed by atoms with Crippen molar-refractivity contribution in [3.63, 3.8) is 0 Å². The van der Waals surface area contributed by atoms with E-state index in [0.29, 0.717) is 29.1 Å². The predicted molar refractivity (Wildman–Crippen MR) is 129 cm³/mol. The lowest BCUT2D eigenvalue weighted by Gasteiger charge is -2.19. The van der Waals surface area contributed by atoms with Crippen LogP contribution in [-0.2, 0) is 10.2 Å². The third-order valence-corrected chi connectivity index (χ3v) is 5.16. The molecule has 0 unspecified atom stereocenters. The molecule has 0 radical (unpaired) electrons. The average Bonchev–Trinajstić information content (AvgIpc) is 2.78. The molecule has 2 amide bonds. The van der Waals surface area contributed by atoms with Gasteiger partial charge in [-0.2, -0.15) is 0 Å². The molecule has 0 saturated carbocycles. The largest absolute Gasteiger partial charge is 0.481 e. The van der Waals surface area contributed by atoms with E-state index in [4.69, 9.17) is 4.74 Å². The van der Waals surface area contributed by atoms with Gasteiger partial charge in [0.1, 0.15) is 11.6 Å². The number of carbonyl (C=O) groups is 2. The molecule has 0 aliphatic carbocycles. The second-order valence-corrected chi connectivity index (χ2v) is 8.82. The predicted octanol–water partition coefficient (Wildman–Crippen LogP) is 6.17. The minimum Gasteiger partial charge on any atom is -0.481 e. The van der Waals surface area contributed by atoms with Crippen LogP contribution < -0.4 is 15.4 Å². The van der Waals surface area contributed by atoms with Gasteiger partial charge in [-0.05, 0) is 72.0 Å². The molecular formula is C27H29FN2O3. The maximum Gasteiger partial charge on any atom is 0.265 e. The molecule has 0 saturated heterocycles. The molecule has 0 bridgehead atoms. The molecule has 6 heteroatoms. The smallest absolute Gasteiger partial charge is 0.265 e. The molecule has 3 aromatic rings. The first-order valence-corrected chi connectivity index (χ1v) is 10.9. The van der Waals surface area contributed by atoms with Gasteiger partial charge in [0.25, 0.3) is 11.8 Å². The van der Waals surface area contributed by atoms with Crippen LogP contribution in [0.2, 0.25) is 0 Å². The van der Waals surface area contributed by atoms with Gasteiger partial charge in [0, 0.05) is 16.9 Å². The minimum atomic E-state index is -0.741. The summed E-state index contributed by atoms with van der Waals surface area (Å²) in [6.07, 6.45) is -0.306. The SMILES string of the molecule is CC[C@H](Oc1ccc(F)cc1)C(=O)Nc1cccc(NC(=O)c2ccc(C(C)(C)C)cc2)c1. The fourth-order valence-electron chi connectivity index (χ4n) is 3.22. The summed E-state index contributed by atoms with van der Waals surface area (Å²) in [6, 6.07) is 20.0. The number of benzene rings is 3. The molecule has 33 heavy (non-hydrogen) atoms. The van der Waals surface area contributed by atoms with Gasteiger partial charge in [0.05, 0.1) is 0 Å². The molecule has 0 fully saturated rings. The van der Waals surface area contributed by atoms with Crippen molar-refractivity contribution in [1.29, 1.82) is 0 Å². The van der Waals surface area contributed by atoms with Gasteiger partial charge in [-0.15, -0.1) is 0 Å². The molecule has 0 aliphatic rings. The second-order valence-electron chi connectivity index (χ2n) is 8.82. The van der Waals surface area contributed by atoms with Crippen molar-refractivity contribution in [1.82, 2.24) is 0 Å². The van der Waals surface area contributed by atoms with Gasteiger partial charge in [-0.3, -0.25) is 9.59 Å². The van der Waals surface area contributed by atoms with Crippen molar-refractivity contribution in [3.8, 4) is 5.75 Å². The molecule has 0 spiro atoms. The highest BCUT2D eigenvalue weighted by Crippen LogP contribution is 2.23. The Morgan fingerprint density at radius 1 is 0.909 bits per heavy atom. The number of amides is 2. The molecule has 0 heterocycles. The van der Waals surface area contributed by atoms with E-state index in [-0.39, 0.29) is 23.0 Å². The molecule has 0 aliphatic heterocycles.